The van der Waals surface area contributed by atoms with Crippen LogP contribution in [0, 0.1) is 5.92 Å². The third kappa shape index (κ3) is 2.74. The van der Waals surface area contributed by atoms with E-state index in [1.165, 1.54) is 5.39 Å². The number of anilines is 1. The zero-order valence-corrected chi connectivity index (χ0v) is 10.4. The number of aromatic nitrogens is 1. The number of hydrogen-bond donors (Lipinski definition) is 1. The second kappa shape index (κ2) is 5.15. The van der Waals surface area contributed by atoms with Crippen LogP contribution in [0.15, 0.2) is 36.4 Å². The maximum absolute atomic E-state index is 5.64. The number of nitrogens with zero attached hydrogens (tertiary/aromatic N) is 2. The summed E-state index contributed by atoms with van der Waals surface area (Å²) in [6, 6.07) is 12.3. The zero-order chi connectivity index (χ0) is 12.3. The van der Waals surface area contributed by atoms with Crippen LogP contribution in [0.5, 0.6) is 0 Å². The van der Waals surface area contributed by atoms with Crippen molar-refractivity contribution in [3.63, 3.8) is 0 Å². The lowest BCUT2D eigenvalue weighted by Gasteiger charge is -2.21. The van der Waals surface area contributed by atoms with E-state index in [-0.39, 0.29) is 0 Å². The molecule has 0 aliphatic rings. The van der Waals surface area contributed by atoms with Crippen molar-refractivity contribution < 1.29 is 0 Å². The summed E-state index contributed by atoms with van der Waals surface area (Å²) in [5.74, 6) is 1.48. The van der Waals surface area contributed by atoms with Gasteiger partial charge in [0.1, 0.15) is 5.82 Å². The van der Waals surface area contributed by atoms with Gasteiger partial charge < -0.3 is 10.6 Å². The Morgan fingerprint density at radius 3 is 2.76 bits per heavy atom. The van der Waals surface area contributed by atoms with Crippen LogP contribution in [0.25, 0.3) is 10.9 Å². The van der Waals surface area contributed by atoms with Crippen LogP contribution in [0.3, 0.4) is 0 Å². The molecule has 0 aliphatic carbocycles. The van der Waals surface area contributed by atoms with Crippen LogP contribution in [-0.4, -0.2) is 25.1 Å². The number of benzene rings is 1. The second-order valence-corrected chi connectivity index (χ2v) is 4.58. The molecule has 3 nitrogen and oxygen atoms in total. The van der Waals surface area contributed by atoms with Crippen molar-refractivity contribution in [1.29, 1.82) is 0 Å². The molecule has 1 aromatic heterocycles. The van der Waals surface area contributed by atoms with E-state index in [1.54, 1.807) is 0 Å². The van der Waals surface area contributed by atoms with Gasteiger partial charge in [-0.15, -0.1) is 0 Å². The van der Waals surface area contributed by atoms with Crippen LogP contribution in [-0.2, 0) is 0 Å². The standard InChI is InChI=1S/C14H19N3/c1-11(9-15)10-17(2)14-8-7-12-5-3-4-6-13(12)16-14/h3-8,11H,9-10,15H2,1-2H3. The van der Waals surface area contributed by atoms with E-state index in [4.69, 9.17) is 5.73 Å². The predicted octanol–water partition coefficient (Wildman–Crippen LogP) is 2.27. The molecule has 0 saturated heterocycles. The second-order valence-electron chi connectivity index (χ2n) is 4.58. The van der Waals surface area contributed by atoms with Gasteiger partial charge in [0.15, 0.2) is 0 Å². The quantitative estimate of drug-likeness (QED) is 0.874. The SMILES string of the molecule is CC(CN)CN(C)c1ccc2ccccc2n1. The molecule has 17 heavy (non-hydrogen) atoms. The molecule has 0 fully saturated rings. The van der Waals surface area contributed by atoms with Gasteiger partial charge in [0.25, 0.3) is 0 Å². The first-order chi connectivity index (χ1) is 8.20. The van der Waals surface area contributed by atoms with Gasteiger partial charge in [-0.3, -0.25) is 0 Å². The van der Waals surface area contributed by atoms with E-state index in [9.17, 15) is 0 Å². The van der Waals surface area contributed by atoms with Gasteiger partial charge in [0, 0.05) is 19.0 Å². The molecule has 1 unspecified atom stereocenters. The Labute approximate surface area is 102 Å². The van der Waals surface area contributed by atoms with Crippen molar-refractivity contribution in [2.75, 3.05) is 25.0 Å². The summed E-state index contributed by atoms with van der Waals surface area (Å²) in [5.41, 5.74) is 6.68. The highest BCUT2D eigenvalue weighted by Crippen LogP contribution is 2.17. The van der Waals surface area contributed by atoms with Crippen molar-refractivity contribution in [1.82, 2.24) is 4.98 Å². The summed E-state index contributed by atoms with van der Waals surface area (Å²) in [5, 5.41) is 1.18. The van der Waals surface area contributed by atoms with Crippen LogP contribution in [0.2, 0.25) is 0 Å². The van der Waals surface area contributed by atoms with E-state index < -0.39 is 0 Å². The molecule has 0 aliphatic heterocycles. The summed E-state index contributed by atoms with van der Waals surface area (Å²) in [7, 11) is 2.06. The molecule has 1 heterocycles. The topological polar surface area (TPSA) is 42.1 Å². The fraction of sp³-hybridized carbons (Fsp3) is 0.357. The minimum Gasteiger partial charge on any atom is -0.359 e. The number of nitrogens with two attached hydrogens (primary N) is 1. The Bertz CT molecular complexity index is 496. The molecule has 90 valence electrons. The first-order valence-electron chi connectivity index (χ1n) is 5.97. The summed E-state index contributed by atoms with van der Waals surface area (Å²) in [4.78, 5) is 6.80. The van der Waals surface area contributed by atoms with Gasteiger partial charge in [-0.1, -0.05) is 25.1 Å². The average molecular weight is 229 g/mol. The first-order valence-corrected chi connectivity index (χ1v) is 5.97. The third-order valence-corrected chi connectivity index (χ3v) is 2.96. The van der Waals surface area contributed by atoms with Gasteiger partial charge >= 0.3 is 0 Å². The summed E-state index contributed by atoms with van der Waals surface area (Å²) in [6.07, 6.45) is 0. The van der Waals surface area contributed by atoms with Gasteiger partial charge in [0.2, 0.25) is 0 Å². The first kappa shape index (κ1) is 11.9. The van der Waals surface area contributed by atoms with E-state index >= 15 is 0 Å². The molecule has 2 rings (SSSR count). The van der Waals surface area contributed by atoms with Crippen LogP contribution in [0.4, 0.5) is 5.82 Å². The molecular formula is C14H19N3. The molecule has 1 aromatic carbocycles. The molecular weight excluding hydrogens is 210 g/mol. The number of hydrogen-bond acceptors (Lipinski definition) is 3. The van der Waals surface area contributed by atoms with E-state index in [2.05, 4.69) is 42.1 Å². The highest BCUT2D eigenvalue weighted by Gasteiger charge is 2.07. The lowest BCUT2D eigenvalue weighted by molar-refractivity contribution is 0.588. The van der Waals surface area contributed by atoms with Crippen LogP contribution < -0.4 is 10.6 Å². The Morgan fingerprint density at radius 2 is 2.00 bits per heavy atom. The molecule has 0 saturated carbocycles. The molecule has 0 radical (unpaired) electrons. The fourth-order valence-electron chi connectivity index (χ4n) is 1.90. The van der Waals surface area contributed by atoms with Gasteiger partial charge in [-0.05, 0) is 30.7 Å². The van der Waals surface area contributed by atoms with Crippen molar-refractivity contribution in [2.24, 2.45) is 11.7 Å². The van der Waals surface area contributed by atoms with Crippen molar-refractivity contribution in [2.45, 2.75) is 6.92 Å². The van der Waals surface area contributed by atoms with E-state index in [0.29, 0.717) is 12.5 Å². The molecule has 1 atom stereocenters. The fourth-order valence-corrected chi connectivity index (χ4v) is 1.90. The van der Waals surface area contributed by atoms with E-state index in [1.807, 2.05) is 18.2 Å². The maximum Gasteiger partial charge on any atom is 0.128 e. The Morgan fingerprint density at radius 1 is 1.24 bits per heavy atom. The number of fused-ring (bicyclic) bond motifs is 1. The molecule has 2 aromatic rings. The zero-order valence-electron chi connectivity index (χ0n) is 10.4. The predicted molar refractivity (Wildman–Crippen MR) is 73.2 cm³/mol. The highest BCUT2D eigenvalue weighted by atomic mass is 15.2. The molecule has 2 N–H and O–H groups in total. The minimum atomic E-state index is 0.480. The molecule has 3 heteroatoms. The summed E-state index contributed by atoms with van der Waals surface area (Å²) in [6.45, 7) is 3.79. The average Bonchev–Trinajstić information content (AvgIpc) is 2.38. The lowest BCUT2D eigenvalue weighted by Crippen LogP contribution is -2.28. The normalized spacial score (nSPS) is 12.6. The van der Waals surface area contributed by atoms with Gasteiger partial charge in [0.05, 0.1) is 5.52 Å². The van der Waals surface area contributed by atoms with Crippen molar-refractivity contribution >= 4 is 16.7 Å². The molecule has 0 amide bonds. The largest absolute Gasteiger partial charge is 0.359 e. The monoisotopic (exact) mass is 229 g/mol. The molecule has 0 spiro atoms. The lowest BCUT2D eigenvalue weighted by atomic mass is 10.1. The van der Waals surface area contributed by atoms with E-state index in [0.717, 1.165) is 17.9 Å². The Kier molecular flexibility index (Phi) is 3.59. The number of para-hydroxylation sites is 1. The Balaban J connectivity index is 2.23. The van der Waals surface area contributed by atoms with Crippen LogP contribution >= 0.6 is 0 Å². The Hall–Kier alpha value is -1.61. The van der Waals surface area contributed by atoms with Crippen LogP contribution in [0.1, 0.15) is 6.92 Å². The van der Waals surface area contributed by atoms with Crippen molar-refractivity contribution in [3.05, 3.63) is 36.4 Å². The maximum atomic E-state index is 5.64. The summed E-state index contributed by atoms with van der Waals surface area (Å²) >= 11 is 0. The number of rotatable bonds is 4. The van der Waals surface area contributed by atoms with Crippen molar-refractivity contribution in [3.8, 4) is 0 Å². The highest BCUT2D eigenvalue weighted by molar-refractivity contribution is 5.80. The summed E-state index contributed by atoms with van der Waals surface area (Å²) < 4.78 is 0. The van der Waals surface area contributed by atoms with Gasteiger partial charge in [-0.25, -0.2) is 4.98 Å². The minimum absolute atomic E-state index is 0.480. The smallest absolute Gasteiger partial charge is 0.128 e. The number of pyridine rings is 1. The third-order valence-electron chi connectivity index (χ3n) is 2.96. The molecule has 0 bridgehead atoms. The van der Waals surface area contributed by atoms with Gasteiger partial charge in [-0.2, -0.15) is 0 Å².